The van der Waals surface area contributed by atoms with Crippen LogP contribution in [0.4, 0.5) is 0 Å². The highest BCUT2D eigenvalue weighted by Crippen LogP contribution is 2.34. The van der Waals surface area contributed by atoms with Gasteiger partial charge in [0.2, 0.25) is 4.80 Å². The van der Waals surface area contributed by atoms with Crippen LogP contribution in [0.5, 0.6) is 23.0 Å². The van der Waals surface area contributed by atoms with E-state index < -0.39 is 0 Å². The molecule has 0 saturated heterocycles. The highest BCUT2D eigenvalue weighted by molar-refractivity contribution is 7.07. The Kier molecular flexibility index (Phi) is 7.90. The average Bonchev–Trinajstić information content (AvgIpc) is 3.25. The predicted octanol–water partition coefficient (Wildman–Crippen LogP) is 5.45. The van der Waals surface area contributed by atoms with Gasteiger partial charge in [-0.05, 0) is 44.0 Å². The van der Waals surface area contributed by atoms with Gasteiger partial charge < -0.3 is 19.3 Å². The zero-order chi connectivity index (χ0) is 23.9. The normalized spacial score (nSPS) is 15.1. The van der Waals surface area contributed by atoms with E-state index in [-0.39, 0.29) is 5.75 Å². The highest BCUT2D eigenvalue weighted by Gasteiger charge is 2.16. The fraction of sp³-hybridized carbons (Fsp3) is 0.385. The second kappa shape index (κ2) is 11.2. The van der Waals surface area contributed by atoms with Crippen LogP contribution in [0, 0.1) is 0 Å². The summed E-state index contributed by atoms with van der Waals surface area (Å²) in [5.74, 6) is 2.14. The van der Waals surface area contributed by atoms with Crippen LogP contribution >= 0.6 is 11.3 Å². The van der Waals surface area contributed by atoms with Crippen molar-refractivity contribution >= 4 is 17.6 Å². The Morgan fingerprint density at radius 1 is 1.06 bits per heavy atom. The summed E-state index contributed by atoms with van der Waals surface area (Å²) in [6, 6.07) is 11.2. The molecule has 1 aliphatic rings. The molecule has 0 amide bonds. The fourth-order valence-electron chi connectivity index (χ4n) is 4.07. The van der Waals surface area contributed by atoms with Gasteiger partial charge in [-0.3, -0.25) is 4.99 Å². The number of aromatic hydroxyl groups is 1. The molecule has 1 heterocycles. The van der Waals surface area contributed by atoms with Gasteiger partial charge >= 0.3 is 0 Å². The summed E-state index contributed by atoms with van der Waals surface area (Å²) in [7, 11) is 3.28. The summed E-state index contributed by atoms with van der Waals surface area (Å²) in [5.41, 5.74) is 2.34. The maximum absolute atomic E-state index is 10.5. The minimum absolute atomic E-state index is 0.111. The number of thiazole rings is 1. The fourth-order valence-corrected chi connectivity index (χ4v) is 4.97. The topological polar surface area (TPSA) is 77.6 Å². The minimum Gasteiger partial charge on any atom is -0.507 e. The second-order valence-electron chi connectivity index (χ2n) is 8.10. The van der Waals surface area contributed by atoms with Crippen molar-refractivity contribution in [2.75, 3.05) is 20.8 Å². The predicted molar refractivity (Wildman–Crippen MR) is 136 cm³/mol. The first kappa shape index (κ1) is 23.9. The molecule has 0 unspecified atom stereocenters. The molecule has 0 spiro atoms. The van der Waals surface area contributed by atoms with E-state index in [2.05, 4.69) is 0 Å². The van der Waals surface area contributed by atoms with Crippen molar-refractivity contribution in [3.05, 3.63) is 52.1 Å². The summed E-state index contributed by atoms with van der Waals surface area (Å²) >= 11 is 1.56. The minimum atomic E-state index is 0.111. The summed E-state index contributed by atoms with van der Waals surface area (Å²) in [6.07, 6.45) is 7.55. The van der Waals surface area contributed by atoms with E-state index in [1.807, 2.05) is 41.2 Å². The molecule has 0 radical (unpaired) electrons. The molecule has 4 rings (SSSR count). The number of hydrogen-bond donors (Lipinski definition) is 1. The Morgan fingerprint density at radius 3 is 2.56 bits per heavy atom. The first-order valence-electron chi connectivity index (χ1n) is 11.6. The standard InChI is InChI=1S/C26H31N3O4S/c1-4-33-21-11-10-18(24(30)14-21)16-27-29-23(22-13-12-20(31-2)15-25(22)32-3)17-34-26(29)28-19-8-6-5-7-9-19/h10-17,19,30H,4-9H2,1-3H3. The third-order valence-electron chi connectivity index (χ3n) is 5.86. The van der Waals surface area contributed by atoms with Crippen molar-refractivity contribution in [3.8, 4) is 34.3 Å². The highest BCUT2D eigenvalue weighted by atomic mass is 32.1. The number of rotatable bonds is 8. The molecule has 3 aromatic rings. The van der Waals surface area contributed by atoms with Crippen molar-refractivity contribution in [1.29, 1.82) is 0 Å². The van der Waals surface area contributed by atoms with Gasteiger partial charge in [-0.15, -0.1) is 11.3 Å². The lowest BCUT2D eigenvalue weighted by Gasteiger charge is -2.17. The molecular formula is C26H31N3O4S. The van der Waals surface area contributed by atoms with E-state index in [4.69, 9.17) is 24.3 Å². The SMILES string of the molecule is CCOc1ccc(C=Nn2c(-c3ccc(OC)cc3OC)csc2=NC2CCCCC2)c(O)c1. The molecule has 7 nitrogen and oxygen atoms in total. The average molecular weight is 482 g/mol. The smallest absolute Gasteiger partial charge is 0.206 e. The molecule has 1 saturated carbocycles. The van der Waals surface area contributed by atoms with Crippen LogP contribution in [-0.2, 0) is 0 Å². The lowest BCUT2D eigenvalue weighted by Crippen LogP contribution is -2.19. The van der Waals surface area contributed by atoms with Gasteiger partial charge in [0.05, 0.1) is 38.8 Å². The van der Waals surface area contributed by atoms with E-state index in [1.165, 1.54) is 19.3 Å². The molecule has 8 heteroatoms. The lowest BCUT2D eigenvalue weighted by atomic mass is 9.96. The summed E-state index contributed by atoms with van der Waals surface area (Å²) in [6.45, 7) is 2.45. The number of methoxy groups -OCH3 is 2. The molecule has 0 bridgehead atoms. The van der Waals surface area contributed by atoms with Crippen molar-refractivity contribution in [3.63, 3.8) is 0 Å². The second-order valence-corrected chi connectivity index (χ2v) is 8.94. The summed E-state index contributed by atoms with van der Waals surface area (Å²) in [4.78, 5) is 5.87. The molecule has 0 aliphatic heterocycles. The van der Waals surface area contributed by atoms with Gasteiger partial charge in [0, 0.05) is 28.6 Å². The molecular weight excluding hydrogens is 450 g/mol. The number of benzene rings is 2. The van der Waals surface area contributed by atoms with Gasteiger partial charge in [-0.1, -0.05) is 19.3 Å². The molecule has 1 fully saturated rings. The Labute approximate surface area is 204 Å². The van der Waals surface area contributed by atoms with E-state index >= 15 is 0 Å². The monoisotopic (exact) mass is 481 g/mol. The molecule has 34 heavy (non-hydrogen) atoms. The molecule has 1 aromatic heterocycles. The van der Waals surface area contributed by atoms with E-state index in [1.54, 1.807) is 43.9 Å². The van der Waals surface area contributed by atoms with Gasteiger partial charge in [0.1, 0.15) is 23.0 Å². The van der Waals surface area contributed by atoms with E-state index in [0.717, 1.165) is 34.6 Å². The first-order chi connectivity index (χ1) is 16.6. The van der Waals surface area contributed by atoms with Gasteiger partial charge in [0.25, 0.3) is 0 Å². The number of nitrogens with zero attached hydrogens (tertiary/aromatic N) is 3. The zero-order valence-corrected chi connectivity index (χ0v) is 20.7. The lowest BCUT2D eigenvalue weighted by molar-refractivity contribution is 0.337. The zero-order valence-electron chi connectivity index (χ0n) is 19.9. The van der Waals surface area contributed by atoms with Crippen LogP contribution in [0.3, 0.4) is 0 Å². The van der Waals surface area contributed by atoms with Crippen molar-refractivity contribution in [2.24, 2.45) is 10.1 Å². The van der Waals surface area contributed by atoms with E-state index in [0.29, 0.717) is 29.7 Å². The first-order valence-corrected chi connectivity index (χ1v) is 12.5. The number of phenols is 1. The molecule has 1 aliphatic carbocycles. The van der Waals surface area contributed by atoms with Crippen molar-refractivity contribution < 1.29 is 19.3 Å². The van der Waals surface area contributed by atoms with Crippen LogP contribution in [0.25, 0.3) is 11.3 Å². The van der Waals surface area contributed by atoms with Crippen LogP contribution in [-0.4, -0.2) is 42.9 Å². The van der Waals surface area contributed by atoms with Crippen LogP contribution in [0.15, 0.2) is 51.9 Å². The Balaban J connectivity index is 1.78. The molecule has 1 N–H and O–H groups in total. The number of aromatic nitrogens is 1. The van der Waals surface area contributed by atoms with Crippen molar-refractivity contribution in [1.82, 2.24) is 4.68 Å². The van der Waals surface area contributed by atoms with Gasteiger partial charge in [0.15, 0.2) is 0 Å². The van der Waals surface area contributed by atoms with Crippen LogP contribution in [0.2, 0.25) is 0 Å². The third-order valence-corrected chi connectivity index (χ3v) is 6.69. The largest absolute Gasteiger partial charge is 0.507 e. The maximum atomic E-state index is 10.5. The molecule has 180 valence electrons. The third kappa shape index (κ3) is 5.44. The molecule has 2 aromatic carbocycles. The van der Waals surface area contributed by atoms with Crippen LogP contribution in [0.1, 0.15) is 44.6 Å². The Hall–Kier alpha value is -3.26. The van der Waals surface area contributed by atoms with Crippen molar-refractivity contribution in [2.45, 2.75) is 45.1 Å². The Morgan fingerprint density at radius 2 is 1.85 bits per heavy atom. The quantitative estimate of drug-likeness (QED) is 0.434. The molecule has 0 atom stereocenters. The number of ether oxygens (including phenoxy) is 3. The number of hydrogen-bond acceptors (Lipinski definition) is 7. The number of phenolic OH excluding ortho intramolecular Hbond substituents is 1. The van der Waals surface area contributed by atoms with E-state index in [9.17, 15) is 5.11 Å². The van der Waals surface area contributed by atoms with Crippen LogP contribution < -0.4 is 19.0 Å². The van der Waals surface area contributed by atoms with Gasteiger partial charge in [-0.25, -0.2) is 4.68 Å². The summed E-state index contributed by atoms with van der Waals surface area (Å²) < 4.78 is 18.3. The van der Waals surface area contributed by atoms with Gasteiger partial charge in [-0.2, -0.15) is 5.10 Å². The summed E-state index contributed by atoms with van der Waals surface area (Å²) in [5, 5.41) is 17.3. The maximum Gasteiger partial charge on any atom is 0.206 e. The Bertz CT molecular complexity index is 1210.